The SMILES string of the molecule is CSCCC(C)N(C)C(=O)c1ccc(C#CCO)cc1. The lowest BCUT2D eigenvalue weighted by molar-refractivity contribution is 0.0741. The zero-order valence-corrected chi connectivity index (χ0v) is 13.0. The minimum atomic E-state index is -0.156. The molecule has 0 saturated carbocycles. The van der Waals surface area contributed by atoms with Crippen LogP contribution in [-0.4, -0.2) is 47.6 Å². The first kappa shape index (κ1) is 16.6. The molecule has 1 rings (SSSR count). The smallest absolute Gasteiger partial charge is 0.253 e. The number of amides is 1. The first-order valence-electron chi connectivity index (χ1n) is 6.56. The molecule has 1 atom stereocenters. The number of benzene rings is 1. The van der Waals surface area contributed by atoms with Crippen LogP contribution in [-0.2, 0) is 0 Å². The zero-order valence-electron chi connectivity index (χ0n) is 12.2. The van der Waals surface area contributed by atoms with Crippen molar-refractivity contribution in [2.45, 2.75) is 19.4 Å². The van der Waals surface area contributed by atoms with E-state index in [0.29, 0.717) is 5.56 Å². The van der Waals surface area contributed by atoms with Gasteiger partial charge in [-0.2, -0.15) is 11.8 Å². The average molecular weight is 291 g/mol. The fourth-order valence-electron chi connectivity index (χ4n) is 1.72. The van der Waals surface area contributed by atoms with Gasteiger partial charge in [0, 0.05) is 24.2 Å². The van der Waals surface area contributed by atoms with Crippen LogP contribution < -0.4 is 0 Å². The van der Waals surface area contributed by atoms with Gasteiger partial charge in [-0.15, -0.1) is 0 Å². The predicted octanol–water partition coefficient (Wildman–Crippen LogP) is 2.24. The highest BCUT2D eigenvalue weighted by Crippen LogP contribution is 2.11. The second-order valence-electron chi connectivity index (χ2n) is 4.58. The molecule has 1 aromatic rings. The van der Waals surface area contributed by atoms with E-state index in [4.69, 9.17) is 5.11 Å². The Morgan fingerprint density at radius 3 is 2.60 bits per heavy atom. The largest absolute Gasteiger partial charge is 0.384 e. The Labute approximate surface area is 125 Å². The third-order valence-corrected chi connectivity index (χ3v) is 3.81. The Balaban J connectivity index is 2.71. The highest BCUT2D eigenvalue weighted by Gasteiger charge is 2.16. The standard InChI is InChI=1S/C16H21NO2S/c1-13(10-12-20-3)17(2)16(19)15-8-6-14(7-9-15)5-4-11-18/h6-9,13,18H,10-12H2,1-3H3. The molecule has 0 aromatic heterocycles. The lowest BCUT2D eigenvalue weighted by Gasteiger charge is -2.24. The molecule has 1 aromatic carbocycles. The normalized spacial score (nSPS) is 11.4. The van der Waals surface area contributed by atoms with Gasteiger partial charge in [0.05, 0.1) is 0 Å². The van der Waals surface area contributed by atoms with E-state index in [-0.39, 0.29) is 18.6 Å². The van der Waals surface area contributed by atoms with Crippen molar-refractivity contribution in [2.75, 3.05) is 25.7 Å². The molecule has 0 aliphatic carbocycles. The first-order chi connectivity index (χ1) is 9.60. The van der Waals surface area contributed by atoms with Crippen molar-refractivity contribution in [3.63, 3.8) is 0 Å². The Kier molecular flexibility index (Phi) is 7.21. The Morgan fingerprint density at radius 1 is 1.40 bits per heavy atom. The highest BCUT2D eigenvalue weighted by atomic mass is 32.2. The van der Waals surface area contributed by atoms with Gasteiger partial charge in [0.25, 0.3) is 5.91 Å². The van der Waals surface area contributed by atoms with Gasteiger partial charge in [-0.25, -0.2) is 0 Å². The second-order valence-corrected chi connectivity index (χ2v) is 5.57. The van der Waals surface area contributed by atoms with Crippen molar-refractivity contribution in [3.05, 3.63) is 35.4 Å². The Morgan fingerprint density at radius 2 is 2.05 bits per heavy atom. The average Bonchev–Trinajstić information content (AvgIpc) is 2.49. The topological polar surface area (TPSA) is 40.5 Å². The second kappa shape index (κ2) is 8.68. The van der Waals surface area contributed by atoms with Crippen LogP contribution in [0.15, 0.2) is 24.3 Å². The van der Waals surface area contributed by atoms with Crippen LogP contribution in [0.25, 0.3) is 0 Å². The molecule has 108 valence electrons. The van der Waals surface area contributed by atoms with Crippen LogP contribution in [0.3, 0.4) is 0 Å². The van der Waals surface area contributed by atoms with Gasteiger partial charge in [0.15, 0.2) is 0 Å². The molecule has 0 spiro atoms. The van der Waals surface area contributed by atoms with Gasteiger partial charge in [0.2, 0.25) is 0 Å². The lowest BCUT2D eigenvalue weighted by atomic mass is 10.1. The van der Waals surface area contributed by atoms with Crippen LogP contribution in [0, 0.1) is 11.8 Å². The summed E-state index contributed by atoms with van der Waals surface area (Å²) in [6.07, 6.45) is 3.06. The molecule has 0 bridgehead atoms. The summed E-state index contributed by atoms with van der Waals surface area (Å²) in [5.74, 6) is 6.48. The van der Waals surface area contributed by atoms with Gasteiger partial charge in [-0.1, -0.05) is 11.8 Å². The number of hydrogen-bond acceptors (Lipinski definition) is 3. The van der Waals surface area contributed by atoms with Crippen molar-refractivity contribution < 1.29 is 9.90 Å². The molecule has 1 unspecified atom stereocenters. The number of aliphatic hydroxyl groups is 1. The van der Waals surface area contributed by atoms with Crippen LogP contribution in [0.2, 0.25) is 0 Å². The van der Waals surface area contributed by atoms with Gasteiger partial charge in [-0.3, -0.25) is 4.79 Å². The molecular formula is C16H21NO2S. The van der Waals surface area contributed by atoms with Crippen molar-refractivity contribution in [3.8, 4) is 11.8 Å². The van der Waals surface area contributed by atoms with Crippen LogP contribution in [0.5, 0.6) is 0 Å². The number of hydrogen-bond donors (Lipinski definition) is 1. The van der Waals surface area contributed by atoms with Crippen LogP contribution in [0.1, 0.15) is 29.3 Å². The van der Waals surface area contributed by atoms with Crippen molar-refractivity contribution in [1.82, 2.24) is 4.90 Å². The van der Waals surface area contributed by atoms with E-state index < -0.39 is 0 Å². The number of aliphatic hydroxyl groups excluding tert-OH is 1. The predicted molar refractivity (Wildman–Crippen MR) is 85.0 cm³/mol. The number of carbonyl (C=O) groups excluding carboxylic acids is 1. The molecule has 3 nitrogen and oxygen atoms in total. The van der Waals surface area contributed by atoms with Gasteiger partial charge in [0.1, 0.15) is 6.61 Å². The third-order valence-electron chi connectivity index (χ3n) is 3.16. The summed E-state index contributed by atoms with van der Waals surface area (Å²) in [5.41, 5.74) is 1.46. The maximum absolute atomic E-state index is 12.3. The first-order valence-corrected chi connectivity index (χ1v) is 7.95. The monoisotopic (exact) mass is 291 g/mol. The van der Waals surface area contributed by atoms with E-state index in [0.717, 1.165) is 17.7 Å². The van der Waals surface area contributed by atoms with Crippen molar-refractivity contribution in [2.24, 2.45) is 0 Å². The molecule has 0 aliphatic rings. The number of rotatable bonds is 5. The number of nitrogens with zero attached hydrogens (tertiary/aromatic N) is 1. The molecule has 0 aliphatic heterocycles. The summed E-state index contributed by atoms with van der Waals surface area (Å²) in [7, 11) is 1.84. The van der Waals surface area contributed by atoms with Gasteiger partial charge >= 0.3 is 0 Å². The molecule has 1 amide bonds. The fourth-order valence-corrected chi connectivity index (χ4v) is 2.30. The van der Waals surface area contributed by atoms with E-state index in [1.807, 2.05) is 7.05 Å². The number of carbonyl (C=O) groups is 1. The summed E-state index contributed by atoms with van der Waals surface area (Å²) < 4.78 is 0. The van der Waals surface area contributed by atoms with Crippen molar-refractivity contribution >= 4 is 17.7 Å². The lowest BCUT2D eigenvalue weighted by Crippen LogP contribution is -2.35. The van der Waals surface area contributed by atoms with Gasteiger partial charge < -0.3 is 10.0 Å². The van der Waals surface area contributed by atoms with E-state index in [2.05, 4.69) is 25.0 Å². The van der Waals surface area contributed by atoms with E-state index >= 15 is 0 Å². The molecule has 0 radical (unpaired) electrons. The summed E-state index contributed by atoms with van der Waals surface area (Å²) in [6, 6.07) is 7.39. The van der Waals surface area contributed by atoms with Crippen LogP contribution >= 0.6 is 11.8 Å². The summed E-state index contributed by atoms with van der Waals surface area (Å²) in [6.45, 7) is 1.91. The molecule has 1 N–H and O–H groups in total. The minimum absolute atomic E-state index is 0.0280. The molecule has 4 heteroatoms. The fraction of sp³-hybridized carbons (Fsp3) is 0.438. The maximum Gasteiger partial charge on any atom is 0.253 e. The third kappa shape index (κ3) is 4.92. The Bertz CT molecular complexity index is 487. The maximum atomic E-state index is 12.3. The zero-order chi connectivity index (χ0) is 15.0. The Hall–Kier alpha value is -1.44. The molecule has 0 saturated heterocycles. The van der Waals surface area contributed by atoms with Crippen molar-refractivity contribution in [1.29, 1.82) is 0 Å². The molecule has 0 heterocycles. The van der Waals surface area contributed by atoms with Gasteiger partial charge in [-0.05, 0) is 49.6 Å². The molecule has 0 fully saturated rings. The van der Waals surface area contributed by atoms with E-state index in [9.17, 15) is 4.79 Å². The summed E-state index contributed by atoms with van der Waals surface area (Å²) in [5, 5.41) is 8.64. The van der Waals surface area contributed by atoms with Crippen LogP contribution in [0.4, 0.5) is 0 Å². The molecular weight excluding hydrogens is 270 g/mol. The molecule has 20 heavy (non-hydrogen) atoms. The quantitative estimate of drug-likeness (QED) is 0.846. The van der Waals surface area contributed by atoms with E-state index in [1.54, 1.807) is 40.9 Å². The summed E-state index contributed by atoms with van der Waals surface area (Å²) in [4.78, 5) is 14.1. The minimum Gasteiger partial charge on any atom is -0.384 e. The summed E-state index contributed by atoms with van der Waals surface area (Å²) >= 11 is 1.79. The highest BCUT2D eigenvalue weighted by molar-refractivity contribution is 7.98. The number of thioether (sulfide) groups is 1. The van der Waals surface area contributed by atoms with E-state index in [1.165, 1.54) is 0 Å².